The second-order valence-electron chi connectivity index (χ2n) is 8.63. The van der Waals surface area contributed by atoms with Gasteiger partial charge < -0.3 is 15.0 Å². The Morgan fingerprint density at radius 2 is 2.07 bits per heavy atom. The summed E-state index contributed by atoms with van der Waals surface area (Å²) in [7, 11) is 0. The van der Waals surface area contributed by atoms with Gasteiger partial charge in [-0.15, -0.1) is 0 Å². The van der Waals surface area contributed by atoms with Crippen LogP contribution in [0.1, 0.15) is 49.5 Å². The topological polar surface area (TPSA) is 59.4 Å². The third-order valence-electron chi connectivity index (χ3n) is 6.13. The maximum atomic E-state index is 12.8. The molecule has 0 bridgehead atoms. The molecule has 6 heteroatoms. The van der Waals surface area contributed by atoms with Gasteiger partial charge in [0, 0.05) is 37.3 Å². The van der Waals surface area contributed by atoms with Crippen LogP contribution in [0.4, 0.5) is 0 Å². The molecule has 2 aliphatic heterocycles. The summed E-state index contributed by atoms with van der Waals surface area (Å²) in [5.41, 5.74) is 1.47. The van der Waals surface area contributed by atoms with Gasteiger partial charge in [0.1, 0.15) is 5.52 Å². The number of carbonyl (C=O) groups excluding carboxylic acids is 1. The summed E-state index contributed by atoms with van der Waals surface area (Å²) in [4.78, 5) is 15.4. The summed E-state index contributed by atoms with van der Waals surface area (Å²) in [5.74, 6) is 1.26. The SMILES string of the molecule is CC(C)n1cc2cccc(C(=O)NCC3CCN(CC4CCOC4)CC3)c2n1. The molecule has 1 aromatic heterocycles. The van der Waals surface area contributed by atoms with Crippen LogP contribution in [0.3, 0.4) is 0 Å². The van der Waals surface area contributed by atoms with Crippen LogP contribution < -0.4 is 5.32 Å². The van der Waals surface area contributed by atoms with E-state index in [-0.39, 0.29) is 11.9 Å². The van der Waals surface area contributed by atoms with Crippen LogP contribution in [0.2, 0.25) is 0 Å². The number of hydrogen-bond acceptors (Lipinski definition) is 4. The number of benzene rings is 1. The van der Waals surface area contributed by atoms with Crippen LogP contribution >= 0.6 is 0 Å². The number of aromatic nitrogens is 2. The lowest BCUT2D eigenvalue weighted by atomic mass is 9.95. The number of likely N-dealkylation sites (tertiary alicyclic amines) is 1. The van der Waals surface area contributed by atoms with E-state index in [4.69, 9.17) is 4.74 Å². The fourth-order valence-electron chi connectivity index (χ4n) is 4.31. The normalized spacial score (nSPS) is 21.6. The molecule has 1 atom stereocenters. The first kappa shape index (κ1) is 19.4. The van der Waals surface area contributed by atoms with Gasteiger partial charge in [0.25, 0.3) is 5.91 Å². The van der Waals surface area contributed by atoms with E-state index in [1.165, 1.54) is 13.0 Å². The van der Waals surface area contributed by atoms with Crippen LogP contribution in [0.5, 0.6) is 0 Å². The Morgan fingerprint density at radius 1 is 1.25 bits per heavy atom. The molecule has 1 aromatic carbocycles. The van der Waals surface area contributed by atoms with E-state index < -0.39 is 0 Å². The van der Waals surface area contributed by atoms with Gasteiger partial charge in [0.2, 0.25) is 0 Å². The first-order valence-electron chi connectivity index (χ1n) is 10.7. The summed E-state index contributed by atoms with van der Waals surface area (Å²) >= 11 is 0. The molecule has 2 saturated heterocycles. The molecule has 3 heterocycles. The Balaban J connectivity index is 1.29. The maximum absolute atomic E-state index is 12.8. The zero-order valence-corrected chi connectivity index (χ0v) is 17.1. The number of hydrogen-bond donors (Lipinski definition) is 1. The van der Waals surface area contributed by atoms with E-state index in [1.54, 1.807) is 0 Å². The number of amides is 1. The van der Waals surface area contributed by atoms with Crippen LogP contribution in [-0.4, -0.2) is 60.0 Å². The molecule has 2 fully saturated rings. The molecular formula is C22H32N4O2. The number of nitrogens with zero attached hydrogens (tertiary/aromatic N) is 3. The first-order chi connectivity index (χ1) is 13.6. The van der Waals surface area contributed by atoms with E-state index in [0.29, 0.717) is 17.4 Å². The van der Waals surface area contributed by atoms with Crippen molar-refractivity contribution in [3.63, 3.8) is 0 Å². The summed E-state index contributed by atoms with van der Waals surface area (Å²) in [6, 6.07) is 6.11. The second-order valence-corrected chi connectivity index (χ2v) is 8.63. The van der Waals surface area contributed by atoms with Gasteiger partial charge in [-0.05, 0) is 64.1 Å². The Labute approximate surface area is 167 Å². The quantitative estimate of drug-likeness (QED) is 0.831. The highest BCUT2D eigenvalue weighted by Crippen LogP contribution is 2.22. The highest BCUT2D eigenvalue weighted by molar-refractivity contribution is 6.05. The summed E-state index contributed by atoms with van der Waals surface area (Å²) < 4.78 is 7.41. The number of rotatable bonds is 6. The molecular weight excluding hydrogens is 352 g/mol. The molecule has 0 saturated carbocycles. The molecule has 28 heavy (non-hydrogen) atoms. The van der Waals surface area contributed by atoms with Crippen molar-refractivity contribution in [3.05, 3.63) is 30.0 Å². The van der Waals surface area contributed by atoms with E-state index in [1.807, 2.05) is 29.1 Å². The smallest absolute Gasteiger partial charge is 0.253 e. The minimum Gasteiger partial charge on any atom is -0.381 e. The van der Waals surface area contributed by atoms with Crippen molar-refractivity contribution >= 4 is 16.8 Å². The summed E-state index contributed by atoms with van der Waals surface area (Å²) in [6.07, 6.45) is 5.52. The molecule has 4 rings (SSSR count). The number of nitrogens with one attached hydrogen (secondary N) is 1. The minimum absolute atomic E-state index is 0.00913. The predicted molar refractivity (Wildman–Crippen MR) is 111 cm³/mol. The summed E-state index contributed by atoms with van der Waals surface area (Å²) in [5, 5.41) is 8.81. The van der Waals surface area contributed by atoms with Crippen molar-refractivity contribution in [2.24, 2.45) is 11.8 Å². The molecule has 1 N–H and O–H groups in total. The van der Waals surface area contributed by atoms with Crippen LogP contribution in [-0.2, 0) is 4.74 Å². The molecule has 1 amide bonds. The fourth-order valence-corrected chi connectivity index (χ4v) is 4.31. The van der Waals surface area contributed by atoms with Gasteiger partial charge in [0.15, 0.2) is 0 Å². The van der Waals surface area contributed by atoms with Gasteiger partial charge in [-0.25, -0.2) is 0 Å². The largest absolute Gasteiger partial charge is 0.381 e. The van der Waals surface area contributed by atoms with Crippen molar-refractivity contribution < 1.29 is 9.53 Å². The molecule has 2 aliphatic rings. The van der Waals surface area contributed by atoms with E-state index in [9.17, 15) is 4.79 Å². The molecule has 0 aliphatic carbocycles. The Bertz CT molecular complexity index is 802. The number of ether oxygens (including phenoxy) is 1. The highest BCUT2D eigenvalue weighted by atomic mass is 16.5. The standard InChI is InChI=1S/C22H32N4O2/c1-16(2)26-14-19-4-3-5-20(21(19)24-26)22(27)23-12-17-6-9-25(10-7-17)13-18-8-11-28-15-18/h3-5,14,16-18H,6-13,15H2,1-2H3,(H,23,27). The van der Waals surface area contributed by atoms with Crippen molar-refractivity contribution in [2.75, 3.05) is 39.4 Å². The zero-order chi connectivity index (χ0) is 19.5. The van der Waals surface area contributed by atoms with E-state index in [0.717, 1.165) is 56.6 Å². The number of piperidine rings is 1. The van der Waals surface area contributed by atoms with Gasteiger partial charge in [-0.2, -0.15) is 5.10 Å². The van der Waals surface area contributed by atoms with Gasteiger partial charge in [-0.1, -0.05) is 12.1 Å². The third-order valence-corrected chi connectivity index (χ3v) is 6.13. The van der Waals surface area contributed by atoms with Crippen LogP contribution in [0, 0.1) is 11.8 Å². The lowest BCUT2D eigenvalue weighted by Crippen LogP contribution is -2.40. The third kappa shape index (κ3) is 4.39. The second kappa shape index (κ2) is 8.62. The fraction of sp³-hybridized carbons (Fsp3) is 0.636. The Morgan fingerprint density at radius 3 is 2.79 bits per heavy atom. The van der Waals surface area contributed by atoms with Crippen molar-refractivity contribution in [1.29, 1.82) is 0 Å². The average Bonchev–Trinajstić information content (AvgIpc) is 3.36. The Kier molecular flexibility index (Phi) is 5.97. The lowest BCUT2D eigenvalue weighted by Gasteiger charge is -2.33. The van der Waals surface area contributed by atoms with Crippen LogP contribution in [0.15, 0.2) is 24.4 Å². The monoisotopic (exact) mass is 384 g/mol. The molecule has 0 spiro atoms. The predicted octanol–water partition coefficient (Wildman–Crippen LogP) is 3.10. The Hall–Kier alpha value is -1.92. The summed E-state index contributed by atoms with van der Waals surface area (Å²) in [6.45, 7) is 10.2. The number of carbonyl (C=O) groups is 1. The van der Waals surface area contributed by atoms with Gasteiger partial charge >= 0.3 is 0 Å². The van der Waals surface area contributed by atoms with E-state index >= 15 is 0 Å². The van der Waals surface area contributed by atoms with Crippen molar-refractivity contribution in [2.45, 2.75) is 39.2 Å². The van der Waals surface area contributed by atoms with Gasteiger partial charge in [0.05, 0.1) is 12.2 Å². The van der Waals surface area contributed by atoms with Crippen molar-refractivity contribution in [1.82, 2.24) is 20.0 Å². The molecule has 152 valence electrons. The van der Waals surface area contributed by atoms with Gasteiger partial charge in [-0.3, -0.25) is 9.48 Å². The maximum Gasteiger partial charge on any atom is 0.253 e. The molecule has 0 radical (unpaired) electrons. The molecule has 6 nitrogen and oxygen atoms in total. The molecule has 2 aromatic rings. The first-order valence-corrected chi connectivity index (χ1v) is 10.7. The lowest BCUT2D eigenvalue weighted by molar-refractivity contribution is 0.0933. The van der Waals surface area contributed by atoms with Crippen LogP contribution in [0.25, 0.3) is 10.9 Å². The van der Waals surface area contributed by atoms with E-state index in [2.05, 4.69) is 29.2 Å². The average molecular weight is 385 g/mol. The molecule has 1 unspecified atom stereocenters. The van der Waals surface area contributed by atoms with Crippen molar-refractivity contribution in [3.8, 4) is 0 Å². The zero-order valence-electron chi connectivity index (χ0n) is 17.1. The minimum atomic E-state index is -0.00913. The number of fused-ring (bicyclic) bond motifs is 1. The highest BCUT2D eigenvalue weighted by Gasteiger charge is 2.24.